The molecule has 0 aliphatic heterocycles. The third-order valence-corrected chi connectivity index (χ3v) is 4.54. The Labute approximate surface area is 128 Å². The molecule has 3 rings (SSSR count). The molecule has 3 nitrogen and oxygen atoms in total. The van der Waals surface area contributed by atoms with Crippen LogP contribution < -0.4 is 0 Å². The van der Waals surface area contributed by atoms with Crippen LogP contribution in [0, 0.1) is 5.41 Å². The largest absolute Gasteiger partial charge is 0.361 e. The van der Waals surface area contributed by atoms with Crippen LogP contribution in [0.5, 0.6) is 0 Å². The topological polar surface area (TPSA) is 42.9 Å². The molecule has 4 heteroatoms. The summed E-state index contributed by atoms with van der Waals surface area (Å²) in [5.74, 6) is 0. The lowest BCUT2D eigenvalue weighted by Crippen LogP contribution is -2.14. The lowest BCUT2D eigenvalue weighted by molar-refractivity contribution is 0.414. The van der Waals surface area contributed by atoms with Gasteiger partial charge in [-0.05, 0) is 49.7 Å². The molecule has 0 saturated heterocycles. The average molecular weight is 297 g/mol. The second kappa shape index (κ2) is 5.84. The van der Waals surface area contributed by atoms with Crippen molar-refractivity contribution in [2.45, 2.75) is 6.42 Å². The quantitative estimate of drug-likeness (QED) is 0.692. The van der Waals surface area contributed by atoms with Crippen molar-refractivity contribution in [3.8, 4) is 0 Å². The van der Waals surface area contributed by atoms with E-state index in [1.807, 2.05) is 23.6 Å². The highest BCUT2D eigenvalue weighted by atomic mass is 32.1. The number of aromatic nitrogens is 1. The zero-order chi connectivity index (χ0) is 14.8. The summed E-state index contributed by atoms with van der Waals surface area (Å²) >= 11 is 1.61. The fourth-order valence-corrected chi connectivity index (χ4v) is 3.14. The highest BCUT2D eigenvalue weighted by Gasteiger charge is 2.09. The third-order valence-electron chi connectivity index (χ3n) is 3.65. The van der Waals surface area contributed by atoms with Gasteiger partial charge in [-0.1, -0.05) is 12.1 Å². The molecule has 0 unspecified atom stereocenters. The van der Waals surface area contributed by atoms with Crippen LogP contribution >= 0.6 is 11.3 Å². The molecular weight excluding hydrogens is 278 g/mol. The van der Waals surface area contributed by atoms with Gasteiger partial charge in [0.1, 0.15) is 0 Å². The number of aromatic amines is 1. The van der Waals surface area contributed by atoms with E-state index in [9.17, 15) is 0 Å². The van der Waals surface area contributed by atoms with Gasteiger partial charge in [-0.25, -0.2) is 0 Å². The molecule has 0 saturated carbocycles. The minimum Gasteiger partial charge on any atom is -0.361 e. The first-order chi connectivity index (χ1) is 10.1. The molecule has 0 radical (unpaired) electrons. The summed E-state index contributed by atoms with van der Waals surface area (Å²) in [6.45, 7) is 1.03. The number of hydrogen-bond acceptors (Lipinski definition) is 3. The van der Waals surface area contributed by atoms with Gasteiger partial charge in [-0.2, -0.15) is 0 Å². The minimum absolute atomic E-state index is 0.603. The van der Waals surface area contributed by atoms with E-state index in [-0.39, 0.29) is 0 Å². The predicted molar refractivity (Wildman–Crippen MR) is 90.8 cm³/mol. The van der Waals surface area contributed by atoms with Crippen LogP contribution in [0.2, 0.25) is 0 Å². The van der Waals surface area contributed by atoms with Crippen LogP contribution in [0.1, 0.15) is 16.0 Å². The Balaban J connectivity index is 1.95. The Morgan fingerprint density at radius 2 is 2.14 bits per heavy atom. The van der Waals surface area contributed by atoms with Gasteiger partial charge in [0.15, 0.2) is 0 Å². The first-order valence-corrected chi connectivity index (χ1v) is 7.90. The van der Waals surface area contributed by atoms with Crippen LogP contribution in [0.25, 0.3) is 10.9 Å². The molecule has 0 fully saturated rings. The molecular formula is C17H19N3S. The summed E-state index contributed by atoms with van der Waals surface area (Å²) in [5.41, 5.74) is 4.05. The number of benzene rings is 1. The summed E-state index contributed by atoms with van der Waals surface area (Å²) in [7, 11) is 4.18. The van der Waals surface area contributed by atoms with E-state index in [0.717, 1.165) is 28.9 Å². The Hall–Kier alpha value is -1.91. The molecule has 0 bridgehead atoms. The number of thiophene rings is 1. The predicted octanol–water partition coefficient (Wildman–Crippen LogP) is 3.75. The number of nitrogens with one attached hydrogen (secondary N) is 2. The molecule has 0 spiro atoms. The summed E-state index contributed by atoms with van der Waals surface area (Å²) in [6.07, 6.45) is 3.11. The Kier molecular flexibility index (Phi) is 3.90. The first kappa shape index (κ1) is 14.0. The lowest BCUT2D eigenvalue weighted by Gasteiger charge is -2.08. The number of fused-ring (bicyclic) bond motifs is 1. The molecule has 3 aromatic rings. The van der Waals surface area contributed by atoms with E-state index < -0.39 is 0 Å². The standard InChI is InChI=1S/C17H19N3S/c1-20(2)8-7-13-11-19-15-6-5-12(10-14(13)15)17(18)16-4-3-9-21-16/h3-6,9-11,18-19H,7-8H2,1-2H3. The fraction of sp³-hybridized carbons (Fsp3) is 0.235. The van der Waals surface area contributed by atoms with E-state index in [0.29, 0.717) is 5.71 Å². The van der Waals surface area contributed by atoms with Gasteiger partial charge in [0, 0.05) is 29.2 Å². The summed E-state index contributed by atoms with van der Waals surface area (Å²) in [4.78, 5) is 6.53. The molecule has 2 N–H and O–H groups in total. The average Bonchev–Trinajstić information content (AvgIpc) is 3.13. The number of rotatable bonds is 5. The Morgan fingerprint density at radius 3 is 2.86 bits per heavy atom. The van der Waals surface area contributed by atoms with Crippen molar-refractivity contribution in [2.24, 2.45) is 0 Å². The van der Waals surface area contributed by atoms with Crippen molar-refractivity contribution >= 4 is 28.0 Å². The zero-order valence-corrected chi connectivity index (χ0v) is 13.1. The zero-order valence-electron chi connectivity index (χ0n) is 12.3. The Bertz CT molecular complexity index is 754. The third kappa shape index (κ3) is 2.91. The van der Waals surface area contributed by atoms with Gasteiger partial charge in [0.05, 0.1) is 10.6 Å². The lowest BCUT2D eigenvalue weighted by atomic mass is 10.0. The summed E-state index contributed by atoms with van der Waals surface area (Å²) < 4.78 is 0. The van der Waals surface area contributed by atoms with E-state index >= 15 is 0 Å². The maximum Gasteiger partial charge on any atom is 0.0784 e. The molecule has 0 aliphatic carbocycles. The van der Waals surface area contributed by atoms with E-state index in [1.165, 1.54) is 10.9 Å². The van der Waals surface area contributed by atoms with E-state index in [1.54, 1.807) is 11.3 Å². The van der Waals surface area contributed by atoms with Crippen molar-refractivity contribution in [3.63, 3.8) is 0 Å². The molecule has 0 atom stereocenters. The van der Waals surface area contributed by atoms with Gasteiger partial charge < -0.3 is 9.88 Å². The summed E-state index contributed by atoms with van der Waals surface area (Å²) in [5, 5.41) is 11.6. The first-order valence-electron chi connectivity index (χ1n) is 7.02. The Morgan fingerprint density at radius 1 is 1.29 bits per heavy atom. The van der Waals surface area contributed by atoms with Crippen LogP contribution in [0.3, 0.4) is 0 Å². The van der Waals surface area contributed by atoms with Crippen LogP contribution in [0.15, 0.2) is 41.9 Å². The molecule has 2 heterocycles. The molecule has 0 aliphatic rings. The van der Waals surface area contributed by atoms with Gasteiger partial charge in [-0.15, -0.1) is 11.3 Å². The normalized spacial score (nSPS) is 11.4. The number of nitrogens with zero attached hydrogens (tertiary/aromatic N) is 1. The number of H-pyrrole nitrogens is 1. The molecule has 21 heavy (non-hydrogen) atoms. The number of likely N-dealkylation sites (N-methyl/N-ethyl adjacent to an activating group) is 1. The van der Waals surface area contributed by atoms with Gasteiger partial charge in [0.2, 0.25) is 0 Å². The van der Waals surface area contributed by atoms with Gasteiger partial charge >= 0.3 is 0 Å². The second-order valence-corrected chi connectivity index (χ2v) is 6.43. The van der Waals surface area contributed by atoms with E-state index in [4.69, 9.17) is 5.41 Å². The van der Waals surface area contributed by atoms with Gasteiger partial charge in [-0.3, -0.25) is 5.41 Å². The highest BCUT2D eigenvalue weighted by molar-refractivity contribution is 7.12. The van der Waals surface area contributed by atoms with Crippen molar-refractivity contribution in [2.75, 3.05) is 20.6 Å². The number of hydrogen-bond donors (Lipinski definition) is 2. The summed E-state index contributed by atoms with van der Waals surface area (Å²) in [6, 6.07) is 10.2. The monoisotopic (exact) mass is 297 g/mol. The molecule has 0 amide bonds. The molecule has 2 aromatic heterocycles. The van der Waals surface area contributed by atoms with Crippen LogP contribution in [-0.2, 0) is 6.42 Å². The van der Waals surface area contributed by atoms with Crippen molar-refractivity contribution in [1.29, 1.82) is 5.41 Å². The SMILES string of the molecule is CN(C)CCc1c[nH]c2ccc(C(=N)c3cccs3)cc12. The smallest absolute Gasteiger partial charge is 0.0784 e. The molecule has 108 valence electrons. The minimum atomic E-state index is 0.603. The highest BCUT2D eigenvalue weighted by Crippen LogP contribution is 2.23. The van der Waals surface area contributed by atoms with Crippen molar-refractivity contribution in [1.82, 2.24) is 9.88 Å². The fourth-order valence-electron chi connectivity index (χ4n) is 2.45. The maximum absolute atomic E-state index is 8.35. The van der Waals surface area contributed by atoms with Crippen molar-refractivity contribution < 1.29 is 0 Å². The van der Waals surface area contributed by atoms with E-state index in [2.05, 4.69) is 42.3 Å². The maximum atomic E-state index is 8.35. The second-order valence-electron chi connectivity index (χ2n) is 5.48. The molecule has 1 aromatic carbocycles. The van der Waals surface area contributed by atoms with Crippen LogP contribution in [0.4, 0.5) is 0 Å². The van der Waals surface area contributed by atoms with Crippen molar-refractivity contribution in [3.05, 3.63) is 57.9 Å². The van der Waals surface area contributed by atoms with Crippen LogP contribution in [-0.4, -0.2) is 36.2 Å². The van der Waals surface area contributed by atoms with Gasteiger partial charge in [0.25, 0.3) is 0 Å².